The van der Waals surface area contributed by atoms with Crippen molar-refractivity contribution in [1.82, 2.24) is 24.4 Å². The summed E-state index contributed by atoms with van der Waals surface area (Å²) in [5, 5.41) is 4.26. The first-order valence-corrected chi connectivity index (χ1v) is 15.0. The van der Waals surface area contributed by atoms with Crippen LogP contribution in [0, 0.1) is 0 Å². The molecular weight excluding hydrogens is 554 g/mol. The van der Waals surface area contributed by atoms with E-state index < -0.39 is 0 Å². The van der Waals surface area contributed by atoms with Crippen LogP contribution in [-0.4, -0.2) is 57.3 Å². The molecular formula is C28H26ClN5O3S2. The number of fused-ring (bicyclic) bond motifs is 2. The Morgan fingerprint density at radius 2 is 1.79 bits per heavy atom. The van der Waals surface area contributed by atoms with Crippen LogP contribution in [0.2, 0.25) is 5.02 Å². The lowest BCUT2D eigenvalue weighted by Crippen LogP contribution is -2.37. The largest absolute Gasteiger partial charge is 0.379 e. The van der Waals surface area contributed by atoms with E-state index in [1.165, 1.54) is 23.1 Å². The Hall–Kier alpha value is -3.02. The molecule has 0 radical (unpaired) electrons. The van der Waals surface area contributed by atoms with Gasteiger partial charge in [0.15, 0.2) is 5.16 Å². The van der Waals surface area contributed by atoms with Crippen LogP contribution in [0.1, 0.15) is 12.2 Å². The number of benzene rings is 2. The summed E-state index contributed by atoms with van der Waals surface area (Å²) in [5.74, 6) is 0.908. The van der Waals surface area contributed by atoms with Crippen LogP contribution in [0.5, 0.6) is 0 Å². The Labute approximate surface area is 237 Å². The smallest absolute Gasteiger partial charge is 0.262 e. The number of aromatic nitrogens is 4. The Morgan fingerprint density at radius 1 is 1.00 bits per heavy atom. The van der Waals surface area contributed by atoms with Crippen LogP contribution in [0.4, 0.5) is 0 Å². The summed E-state index contributed by atoms with van der Waals surface area (Å²) in [6, 6.07) is 14.9. The number of H-pyrrole nitrogens is 1. The number of thioether (sulfide) groups is 1. The summed E-state index contributed by atoms with van der Waals surface area (Å²) in [4.78, 5) is 42.1. The van der Waals surface area contributed by atoms with Crippen molar-refractivity contribution in [2.24, 2.45) is 0 Å². The second-order valence-corrected chi connectivity index (χ2v) is 11.5. The second-order valence-electron chi connectivity index (χ2n) is 9.29. The molecule has 5 aromatic rings. The van der Waals surface area contributed by atoms with Crippen molar-refractivity contribution in [3.05, 3.63) is 85.5 Å². The first-order chi connectivity index (χ1) is 19.1. The molecule has 1 fully saturated rings. The molecule has 1 aliphatic rings. The van der Waals surface area contributed by atoms with Crippen molar-refractivity contribution >= 4 is 55.8 Å². The Morgan fingerprint density at radius 3 is 2.64 bits per heavy atom. The maximum absolute atomic E-state index is 13.4. The maximum Gasteiger partial charge on any atom is 0.262 e. The maximum atomic E-state index is 13.4. The molecule has 0 bridgehead atoms. The van der Waals surface area contributed by atoms with Gasteiger partial charge in [0, 0.05) is 47.7 Å². The van der Waals surface area contributed by atoms with Crippen LogP contribution in [-0.2, 0) is 17.0 Å². The van der Waals surface area contributed by atoms with Gasteiger partial charge < -0.3 is 9.72 Å². The summed E-state index contributed by atoms with van der Waals surface area (Å²) in [6.45, 7) is 4.77. The van der Waals surface area contributed by atoms with Crippen LogP contribution >= 0.6 is 34.7 Å². The molecule has 0 saturated carbocycles. The minimum Gasteiger partial charge on any atom is -0.379 e. The van der Waals surface area contributed by atoms with Crippen molar-refractivity contribution in [2.45, 2.75) is 23.9 Å². The third kappa shape index (κ3) is 5.53. The molecule has 1 saturated heterocycles. The number of aromatic amines is 1. The quantitative estimate of drug-likeness (QED) is 0.204. The van der Waals surface area contributed by atoms with Crippen molar-refractivity contribution in [1.29, 1.82) is 0 Å². The number of rotatable bonds is 8. The van der Waals surface area contributed by atoms with Crippen molar-refractivity contribution in [3.63, 3.8) is 0 Å². The number of para-hydroxylation sites is 1. The molecule has 1 aliphatic heterocycles. The number of morpholine rings is 1. The van der Waals surface area contributed by atoms with Gasteiger partial charge in [0.05, 0.1) is 35.3 Å². The lowest BCUT2D eigenvalue weighted by molar-refractivity contribution is 0.0368. The highest BCUT2D eigenvalue weighted by atomic mass is 35.5. The van der Waals surface area contributed by atoms with Gasteiger partial charge in [-0.2, -0.15) is 0 Å². The van der Waals surface area contributed by atoms with Crippen LogP contribution in [0.15, 0.2) is 68.7 Å². The molecule has 0 atom stereocenters. The number of nitrogens with zero attached hydrogens (tertiary/aromatic N) is 4. The fourth-order valence-electron chi connectivity index (χ4n) is 4.80. The minimum atomic E-state index is -0.207. The highest BCUT2D eigenvalue weighted by Gasteiger charge is 2.17. The molecule has 0 unspecified atom stereocenters. The number of nitrogens with one attached hydrogen (secondary N) is 1. The van der Waals surface area contributed by atoms with E-state index in [9.17, 15) is 9.59 Å². The monoisotopic (exact) mass is 579 g/mol. The van der Waals surface area contributed by atoms with Gasteiger partial charge in [-0.05, 0) is 24.6 Å². The molecule has 3 aromatic heterocycles. The summed E-state index contributed by atoms with van der Waals surface area (Å²) >= 11 is 9.22. The van der Waals surface area contributed by atoms with Gasteiger partial charge in [0.25, 0.3) is 11.1 Å². The molecule has 1 N–H and O–H groups in total. The highest BCUT2D eigenvalue weighted by Crippen LogP contribution is 2.35. The van der Waals surface area contributed by atoms with Gasteiger partial charge >= 0.3 is 0 Å². The summed E-state index contributed by atoms with van der Waals surface area (Å²) in [6.07, 6.45) is 0.828. The van der Waals surface area contributed by atoms with E-state index in [0.29, 0.717) is 49.4 Å². The van der Waals surface area contributed by atoms with Gasteiger partial charge in [-0.15, -0.1) is 11.3 Å². The molecule has 6 rings (SSSR count). The van der Waals surface area contributed by atoms with Crippen molar-refractivity contribution in [2.75, 3.05) is 32.8 Å². The lowest BCUT2D eigenvalue weighted by Gasteiger charge is -2.26. The molecule has 2 aromatic carbocycles. The van der Waals surface area contributed by atoms with E-state index in [2.05, 4.69) is 9.88 Å². The van der Waals surface area contributed by atoms with Crippen LogP contribution < -0.4 is 11.1 Å². The Kier molecular flexibility index (Phi) is 7.80. The summed E-state index contributed by atoms with van der Waals surface area (Å²) < 4.78 is 7.20. The first kappa shape index (κ1) is 26.2. The van der Waals surface area contributed by atoms with Gasteiger partial charge in [-0.3, -0.25) is 19.1 Å². The van der Waals surface area contributed by atoms with E-state index >= 15 is 0 Å². The number of thiophene rings is 1. The SMILES string of the molecule is O=c1[nH]c(CSc2nc3ccccc3c(=O)n2CCCN2CCOCC2)nc2scc(-c3ccccc3Cl)c12. The van der Waals surface area contributed by atoms with Crippen LogP contribution in [0.3, 0.4) is 0 Å². The summed E-state index contributed by atoms with van der Waals surface area (Å²) in [7, 11) is 0. The van der Waals surface area contributed by atoms with E-state index in [-0.39, 0.29) is 11.1 Å². The fourth-order valence-corrected chi connectivity index (χ4v) is 6.90. The Balaban J connectivity index is 1.27. The average Bonchev–Trinajstić information content (AvgIpc) is 3.38. The predicted molar refractivity (Wildman–Crippen MR) is 158 cm³/mol. The van der Waals surface area contributed by atoms with Gasteiger partial charge in [0.1, 0.15) is 10.7 Å². The average molecular weight is 580 g/mol. The second kappa shape index (κ2) is 11.6. The number of hydrogen-bond donors (Lipinski definition) is 1. The zero-order valence-electron chi connectivity index (χ0n) is 21.1. The lowest BCUT2D eigenvalue weighted by atomic mass is 10.1. The standard InChI is InChI=1S/C28H26ClN5O3S2/c29-21-8-3-1-6-18(21)20-16-38-26-24(20)25(35)31-23(32-26)17-39-28-30-22-9-4-2-7-19(22)27(36)34(28)11-5-10-33-12-14-37-15-13-33/h1-4,6-9,16H,5,10-15,17H2,(H,31,32,35). The van der Waals surface area contributed by atoms with Gasteiger partial charge in [0.2, 0.25) is 0 Å². The topological polar surface area (TPSA) is 93.1 Å². The molecule has 0 aliphatic carbocycles. The van der Waals surface area contributed by atoms with E-state index in [1.54, 1.807) is 4.57 Å². The normalized spacial score (nSPS) is 14.4. The molecule has 39 heavy (non-hydrogen) atoms. The zero-order valence-corrected chi connectivity index (χ0v) is 23.4. The minimum absolute atomic E-state index is 0.0513. The Bertz CT molecular complexity index is 1760. The van der Waals surface area contributed by atoms with Crippen molar-refractivity contribution < 1.29 is 4.74 Å². The van der Waals surface area contributed by atoms with E-state index in [4.69, 9.17) is 26.3 Å². The molecule has 200 valence electrons. The van der Waals surface area contributed by atoms with E-state index in [1.807, 2.05) is 53.9 Å². The molecule has 0 spiro atoms. The van der Waals surface area contributed by atoms with Crippen LogP contribution in [0.25, 0.3) is 32.2 Å². The molecule has 8 nitrogen and oxygen atoms in total. The fraction of sp³-hybridized carbons (Fsp3) is 0.286. The van der Waals surface area contributed by atoms with Gasteiger partial charge in [-0.1, -0.05) is 53.7 Å². The van der Waals surface area contributed by atoms with Crippen molar-refractivity contribution in [3.8, 4) is 11.1 Å². The number of hydrogen-bond acceptors (Lipinski definition) is 8. The number of halogens is 1. The molecule has 11 heteroatoms. The van der Waals surface area contributed by atoms with Gasteiger partial charge in [-0.25, -0.2) is 9.97 Å². The molecule has 4 heterocycles. The first-order valence-electron chi connectivity index (χ1n) is 12.8. The third-order valence-electron chi connectivity index (χ3n) is 6.78. The molecule has 0 amide bonds. The summed E-state index contributed by atoms with van der Waals surface area (Å²) in [5.41, 5.74) is 1.99. The predicted octanol–water partition coefficient (Wildman–Crippen LogP) is 5.03. The highest BCUT2D eigenvalue weighted by molar-refractivity contribution is 7.98. The van der Waals surface area contributed by atoms with E-state index in [0.717, 1.165) is 50.4 Å². The third-order valence-corrected chi connectivity index (χ3v) is 8.97. The number of ether oxygens (including phenoxy) is 1. The zero-order chi connectivity index (χ0) is 26.8.